The molecule has 2 aromatic heterocycles. The van der Waals surface area contributed by atoms with Crippen LogP contribution < -0.4 is 14.5 Å². The van der Waals surface area contributed by atoms with E-state index in [2.05, 4.69) is 29.7 Å². The number of nitrogens with zero attached hydrogens (tertiary/aromatic N) is 5. The molecule has 3 aromatic rings. The average Bonchev–Trinajstić information content (AvgIpc) is 2.91. The smallest absolute Gasteiger partial charge is 0.229 e. The van der Waals surface area contributed by atoms with E-state index in [1.54, 1.807) is 7.11 Å². The largest absolute Gasteiger partial charge is 0.496 e. The Morgan fingerprint density at radius 3 is 2.57 bits per heavy atom. The summed E-state index contributed by atoms with van der Waals surface area (Å²) < 4.78 is 16.8. The zero-order chi connectivity index (χ0) is 24.4. The standard InChI is InChI=1S/C26H33N5O4/c1-4-20-16-35-12-10-31(20)25-21-6-7-22(18-5-8-23(33-3)19(13-18)14-32)27-24(21)28-26(29-25)30-9-11-34-15-17(30)2/h5-8,13,17,20,32H,4,9-12,14-16H2,1-3H3/t17-,20+/m1/s1. The quantitative estimate of drug-likeness (QED) is 0.573. The van der Waals surface area contributed by atoms with Gasteiger partial charge in [0.25, 0.3) is 0 Å². The SMILES string of the molecule is CC[C@H]1COCCN1c1nc(N2CCOC[C@H]2C)nc2nc(-c3ccc(OC)c(CO)c3)ccc12. The van der Waals surface area contributed by atoms with Gasteiger partial charge in [0, 0.05) is 24.2 Å². The maximum atomic E-state index is 9.77. The molecule has 2 fully saturated rings. The van der Waals surface area contributed by atoms with E-state index in [0.717, 1.165) is 47.5 Å². The molecule has 35 heavy (non-hydrogen) atoms. The maximum absolute atomic E-state index is 9.77. The first-order valence-corrected chi connectivity index (χ1v) is 12.3. The molecular weight excluding hydrogens is 446 g/mol. The van der Waals surface area contributed by atoms with E-state index < -0.39 is 0 Å². The van der Waals surface area contributed by atoms with Crippen LogP contribution in [0.3, 0.4) is 0 Å². The van der Waals surface area contributed by atoms with Crippen molar-refractivity contribution in [3.05, 3.63) is 35.9 Å². The van der Waals surface area contributed by atoms with Gasteiger partial charge in [0.1, 0.15) is 11.6 Å². The molecule has 2 aliphatic rings. The molecule has 186 valence electrons. The topological polar surface area (TPSA) is 93.1 Å². The lowest BCUT2D eigenvalue weighted by atomic mass is 10.1. The number of ether oxygens (including phenoxy) is 3. The summed E-state index contributed by atoms with van der Waals surface area (Å²) in [7, 11) is 1.60. The molecule has 9 nitrogen and oxygen atoms in total. The van der Waals surface area contributed by atoms with Crippen molar-refractivity contribution in [2.45, 2.75) is 39.0 Å². The molecule has 0 spiro atoms. The van der Waals surface area contributed by atoms with Crippen LogP contribution in [-0.4, -0.2) is 78.8 Å². The summed E-state index contributed by atoms with van der Waals surface area (Å²) in [5.74, 6) is 2.24. The zero-order valence-corrected chi connectivity index (χ0v) is 20.6. The first-order chi connectivity index (χ1) is 17.1. The second-order valence-corrected chi connectivity index (χ2v) is 9.05. The van der Waals surface area contributed by atoms with E-state index in [-0.39, 0.29) is 18.7 Å². The van der Waals surface area contributed by atoms with Gasteiger partial charge in [-0.05, 0) is 43.7 Å². The number of aliphatic hydroxyl groups is 1. The molecule has 2 aliphatic heterocycles. The first kappa shape index (κ1) is 23.7. The van der Waals surface area contributed by atoms with Gasteiger partial charge < -0.3 is 29.1 Å². The highest BCUT2D eigenvalue weighted by Crippen LogP contribution is 2.33. The van der Waals surface area contributed by atoms with Gasteiger partial charge in [-0.3, -0.25) is 0 Å². The third-order valence-electron chi connectivity index (χ3n) is 6.87. The maximum Gasteiger partial charge on any atom is 0.229 e. The predicted molar refractivity (Wildman–Crippen MR) is 135 cm³/mol. The molecule has 0 amide bonds. The van der Waals surface area contributed by atoms with Gasteiger partial charge in [0.2, 0.25) is 5.95 Å². The molecule has 5 rings (SSSR count). The molecule has 0 bridgehead atoms. The third-order valence-corrected chi connectivity index (χ3v) is 6.87. The first-order valence-electron chi connectivity index (χ1n) is 12.3. The summed E-state index contributed by atoms with van der Waals surface area (Å²) in [5, 5.41) is 10.7. The summed E-state index contributed by atoms with van der Waals surface area (Å²) in [6.07, 6.45) is 0.968. The summed E-state index contributed by atoms with van der Waals surface area (Å²) in [6, 6.07) is 10.2. The van der Waals surface area contributed by atoms with Crippen molar-refractivity contribution >= 4 is 22.8 Å². The van der Waals surface area contributed by atoms with Crippen molar-refractivity contribution < 1.29 is 19.3 Å². The summed E-state index contributed by atoms with van der Waals surface area (Å²) in [4.78, 5) is 19.6. The van der Waals surface area contributed by atoms with Crippen LogP contribution in [0, 0.1) is 0 Å². The highest BCUT2D eigenvalue weighted by Gasteiger charge is 2.28. The fourth-order valence-electron chi connectivity index (χ4n) is 4.85. The van der Waals surface area contributed by atoms with Crippen LogP contribution in [0.2, 0.25) is 0 Å². The van der Waals surface area contributed by atoms with Crippen molar-refractivity contribution in [2.75, 3.05) is 56.4 Å². The van der Waals surface area contributed by atoms with E-state index in [9.17, 15) is 5.11 Å². The lowest BCUT2D eigenvalue weighted by Gasteiger charge is -2.38. The van der Waals surface area contributed by atoms with E-state index in [0.29, 0.717) is 43.8 Å². The lowest BCUT2D eigenvalue weighted by Crippen LogP contribution is -2.47. The Morgan fingerprint density at radius 2 is 1.83 bits per heavy atom. The normalized spacial score (nSPS) is 20.9. The Balaban J connectivity index is 1.64. The third kappa shape index (κ3) is 4.63. The molecule has 0 radical (unpaired) electrons. The molecule has 2 atom stereocenters. The van der Waals surface area contributed by atoms with E-state index >= 15 is 0 Å². The van der Waals surface area contributed by atoms with E-state index in [4.69, 9.17) is 29.2 Å². The Hall–Kier alpha value is -3.01. The van der Waals surface area contributed by atoms with Crippen LogP contribution in [-0.2, 0) is 16.1 Å². The molecule has 1 N–H and O–H groups in total. The number of hydrogen-bond acceptors (Lipinski definition) is 9. The summed E-state index contributed by atoms with van der Waals surface area (Å²) in [5.41, 5.74) is 3.06. The van der Waals surface area contributed by atoms with Crippen LogP contribution in [0.25, 0.3) is 22.3 Å². The van der Waals surface area contributed by atoms with Crippen LogP contribution >= 0.6 is 0 Å². The van der Waals surface area contributed by atoms with Crippen LogP contribution in [0.5, 0.6) is 5.75 Å². The van der Waals surface area contributed by atoms with Crippen molar-refractivity contribution in [3.63, 3.8) is 0 Å². The number of morpholine rings is 2. The molecule has 0 saturated carbocycles. The highest BCUT2D eigenvalue weighted by molar-refractivity contribution is 5.90. The Bertz CT molecular complexity index is 1190. The number of hydrogen-bond donors (Lipinski definition) is 1. The number of rotatable bonds is 6. The minimum atomic E-state index is -0.106. The van der Waals surface area contributed by atoms with Gasteiger partial charge >= 0.3 is 0 Å². The van der Waals surface area contributed by atoms with Crippen molar-refractivity contribution in [1.82, 2.24) is 15.0 Å². The number of methoxy groups -OCH3 is 1. The summed E-state index contributed by atoms with van der Waals surface area (Å²) >= 11 is 0. The molecule has 9 heteroatoms. The van der Waals surface area contributed by atoms with Gasteiger partial charge in [-0.25, -0.2) is 4.98 Å². The monoisotopic (exact) mass is 479 g/mol. The summed E-state index contributed by atoms with van der Waals surface area (Å²) in [6.45, 7) is 8.39. The Morgan fingerprint density at radius 1 is 1.03 bits per heavy atom. The molecular formula is C26H33N5O4. The van der Waals surface area contributed by atoms with Gasteiger partial charge in [0.15, 0.2) is 5.65 Å². The number of aromatic nitrogens is 3. The molecule has 1 aromatic carbocycles. The Kier molecular flexibility index (Phi) is 6.99. The molecule has 2 saturated heterocycles. The average molecular weight is 480 g/mol. The number of pyridine rings is 1. The second kappa shape index (κ2) is 10.3. The van der Waals surface area contributed by atoms with E-state index in [1.807, 2.05) is 24.3 Å². The van der Waals surface area contributed by atoms with Crippen LogP contribution in [0.1, 0.15) is 25.8 Å². The number of benzene rings is 1. The number of anilines is 2. The highest BCUT2D eigenvalue weighted by atomic mass is 16.5. The van der Waals surface area contributed by atoms with Gasteiger partial charge in [-0.15, -0.1) is 0 Å². The predicted octanol–water partition coefficient (Wildman–Crippen LogP) is 3.03. The Labute approximate surface area is 205 Å². The van der Waals surface area contributed by atoms with Crippen LogP contribution in [0.15, 0.2) is 30.3 Å². The lowest BCUT2D eigenvalue weighted by molar-refractivity contribution is 0.0925. The zero-order valence-electron chi connectivity index (χ0n) is 20.6. The minimum Gasteiger partial charge on any atom is -0.496 e. The molecule has 4 heterocycles. The number of fused-ring (bicyclic) bond motifs is 1. The fourth-order valence-corrected chi connectivity index (χ4v) is 4.85. The van der Waals surface area contributed by atoms with Crippen LogP contribution in [0.4, 0.5) is 11.8 Å². The second-order valence-electron chi connectivity index (χ2n) is 9.05. The molecule has 0 unspecified atom stereocenters. The van der Waals surface area contributed by atoms with Crippen molar-refractivity contribution in [1.29, 1.82) is 0 Å². The van der Waals surface area contributed by atoms with Crippen molar-refractivity contribution in [3.8, 4) is 17.0 Å². The van der Waals surface area contributed by atoms with Gasteiger partial charge in [-0.1, -0.05) is 6.92 Å². The molecule has 0 aliphatic carbocycles. The van der Waals surface area contributed by atoms with Gasteiger partial charge in [-0.2, -0.15) is 9.97 Å². The fraction of sp³-hybridized carbons (Fsp3) is 0.500. The number of aliphatic hydroxyl groups excluding tert-OH is 1. The minimum absolute atomic E-state index is 0.106. The van der Waals surface area contributed by atoms with E-state index in [1.165, 1.54) is 0 Å². The van der Waals surface area contributed by atoms with Crippen molar-refractivity contribution in [2.24, 2.45) is 0 Å². The van der Waals surface area contributed by atoms with Gasteiger partial charge in [0.05, 0.1) is 63.3 Å².